The fraction of sp³-hybridized carbons (Fsp3) is 0.750. The molecule has 1 rings (SSSR count). The molecule has 0 amide bonds. The Balaban J connectivity index is -0.000000189. The maximum Gasteiger partial charge on any atom is 0.0192 e. The first-order chi connectivity index (χ1) is 4.80. The molecule has 0 aliphatic heterocycles. The Kier molecular flexibility index (Phi) is 15.5. The second kappa shape index (κ2) is 10.6. The number of rotatable bonds is 0. The minimum atomic E-state index is 0. The minimum Gasteiger partial charge on any atom is -0.344 e. The molecule has 10 N–H and O–H groups in total. The van der Waals surface area contributed by atoms with Gasteiger partial charge in [-0.05, 0) is 12.8 Å². The summed E-state index contributed by atoms with van der Waals surface area (Å²) < 4.78 is 0. The SMILES string of the molecule is C=C.N.N.N[C@@H]1CCCC[C@@H]1N. The normalized spacial score (nSPS) is 26.8. The van der Waals surface area contributed by atoms with Crippen molar-refractivity contribution in [3.63, 3.8) is 0 Å². The highest BCUT2D eigenvalue weighted by Gasteiger charge is 2.16. The Hall–Kier alpha value is -0.420. The average molecular weight is 176 g/mol. The zero-order valence-corrected chi connectivity index (χ0v) is 7.97. The van der Waals surface area contributed by atoms with Crippen molar-refractivity contribution in [2.75, 3.05) is 0 Å². The predicted molar refractivity (Wildman–Crippen MR) is 55.7 cm³/mol. The zero-order valence-electron chi connectivity index (χ0n) is 7.97. The molecule has 0 bridgehead atoms. The van der Waals surface area contributed by atoms with Crippen LogP contribution in [0.5, 0.6) is 0 Å². The lowest BCUT2D eigenvalue weighted by atomic mass is 9.92. The fourth-order valence-electron chi connectivity index (χ4n) is 1.19. The van der Waals surface area contributed by atoms with E-state index < -0.39 is 0 Å². The van der Waals surface area contributed by atoms with Crippen molar-refractivity contribution in [1.82, 2.24) is 12.3 Å². The molecule has 0 saturated heterocycles. The van der Waals surface area contributed by atoms with E-state index in [9.17, 15) is 0 Å². The van der Waals surface area contributed by atoms with Crippen LogP contribution in [0.4, 0.5) is 0 Å². The molecule has 1 fully saturated rings. The summed E-state index contributed by atoms with van der Waals surface area (Å²) in [6.45, 7) is 6.00. The Bertz CT molecular complexity index is 77.1. The summed E-state index contributed by atoms with van der Waals surface area (Å²) in [5.41, 5.74) is 11.3. The van der Waals surface area contributed by atoms with E-state index in [0.717, 1.165) is 12.8 Å². The van der Waals surface area contributed by atoms with Gasteiger partial charge in [-0.3, -0.25) is 0 Å². The van der Waals surface area contributed by atoms with Crippen molar-refractivity contribution in [3.05, 3.63) is 13.2 Å². The molecule has 76 valence electrons. The molecule has 0 heterocycles. The van der Waals surface area contributed by atoms with Gasteiger partial charge in [0.15, 0.2) is 0 Å². The van der Waals surface area contributed by atoms with Crippen LogP contribution in [0.15, 0.2) is 13.2 Å². The zero-order chi connectivity index (χ0) is 7.98. The number of hydrogen-bond acceptors (Lipinski definition) is 4. The molecule has 1 aliphatic carbocycles. The molecule has 0 aromatic rings. The molecule has 0 radical (unpaired) electrons. The lowest BCUT2D eigenvalue weighted by molar-refractivity contribution is 0.385. The third kappa shape index (κ3) is 6.30. The molecule has 4 nitrogen and oxygen atoms in total. The molecule has 2 atom stereocenters. The van der Waals surface area contributed by atoms with Crippen molar-refractivity contribution in [1.29, 1.82) is 0 Å². The van der Waals surface area contributed by atoms with Gasteiger partial charge >= 0.3 is 0 Å². The summed E-state index contributed by atoms with van der Waals surface area (Å²) in [5, 5.41) is 0. The monoisotopic (exact) mass is 176 g/mol. The van der Waals surface area contributed by atoms with Crippen LogP contribution >= 0.6 is 0 Å². The first kappa shape index (κ1) is 17.6. The Morgan fingerprint density at radius 3 is 1.25 bits per heavy atom. The third-order valence-electron chi connectivity index (χ3n) is 1.87. The van der Waals surface area contributed by atoms with E-state index in [2.05, 4.69) is 13.2 Å². The van der Waals surface area contributed by atoms with Crippen LogP contribution in [-0.4, -0.2) is 12.1 Å². The van der Waals surface area contributed by atoms with Crippen molar-refractivity contribution in [2.24, 2.45) is 11.5 Å². The second-order valence-electron chi connectivity index (χ2n) is 2.61. The van der Waals surface area contributed by atoms with E-state index in [1.54, 1.807) is 0 Å². The van der Waals surface area contributed by atoms with Gasteiger partial charge in [0.25, 0.3) is 0 Å². The van der Waals surface area contributed by atoms with Gasteiger partial charge in [0.1, 0.15) is 0 Å². The maximum absolute atomic E-state index is 5.65. The number of nitrogens with two attached hydrogens (primary N) is 2. The molecular formula is C8H24N4. The highest BCUT2D eigenvalue weighted by molar-refractivity contribution is 4.79. The summed E-state index contributed by atoms with van der Waals surface area (Å²) in [6.07, 6.45) is 4.80. The van der Waals surface area contributed by atoms with Gasteiger partial charge in [-0.25, -0.2) is 0 Å². The number of hydrogen-bond donors (Lipinski definition) is 4. The van der Waals surface area contributed by atoms with Gasteiger partial charge in [-0.2, -0.15) is 0 Å². The van der Waals surface area contributed by atoms with Gasteiger partial charge in [-0.15, -0.1) is 13.2 Å². The minimum absolute atomic E-state index is 0. The van der Waals surface area contributed by atoms with Crippen LogP contribution in [0.25, 0.3) is 0 Å². The van der Waals surface area contributed by atoms with Crippen LogP contribution in [0, 0.1) is 0 Å². The van der Waals surface area contributed by atoms with Gasteiger partial charge < -0.3 is 23.8 Å². The van der Waals surface area contributed by atoms with E-state index in [4.69, 9.17) is 11.5 Å². The highest BCUT2D eigenvalue weighted by atomic mass is 14.8. The van der Waals surface area contributed by atoms with Crippen molar-refractivity contribution < 1.29 is 0 Å². The van der Waals surface area contributed by atoms with E-state index in [1.807, 2.05) is 0 Å². The van der Waals surface area contributed by atoms with Crippen molar-refractivity contribution in [3.8, 4) is 0 Å². The molecule has 12 heavy (non-hydrogen) atoms. The van der Waals surface area contributed by atoms with E-state index in [-0.39, 0.29) is 24.4 Å². The van der Waals surface area contributed by atoms with Crippen LogP contribution in [0.3, 0.4) is 0 Å². The molecular weight excluding hydrogens is 152 g/mol. The van der Waals surface area contributed by atoms with Crippen LogP contribution in [-0.2, 0) is 0 Å². The summed E-state index contributed by atoms with van der Waals surface area (Å²) in [4.78, 5) is 0. The maximum atomic E-state index is 5.65. The van der Waals surface area contributed by atoms with Gasteiger partial charge in [0.05, 0.1) is 0 Å². The molecule has 0 aromatic heterocycles. The van der Waals surface area contributed by atoms with Crippen molar-refractivity contribution >= 4 is 0 Å². The largest absolute Gasteiger partial charge is 0.344 e. The van der Waals surface area contributed by atoms with Crippen LogP contribution < -0.4 is 23.8 Å². The smallest absolute Gasteiger partial charge is 0.0192 e. The van der Waals surface area contributed by atoms with Crippen LogP contribution in [0.2, 0.25) is 0 Å². The Morgan fingerprint density at radius 2 is 1.08 bits per heavy atom. The molecule has 0 unspecified atom stereocenters. The summed E-state index contributed by atoms with van der Waals surface area (Å²) in [6, 6.07) is 0.562. The lowest BCUT2D eigenvalue weighted by Crippen LogP contribution is -2.43. The molecule has 0 spiro atoms. The topological polar surface area (TPSA) is 122 Å². The van der Waals surface area contributed by atoms with Gasteiger partial charge in [0, 0.05) is 12.1 Å². The molecule has 1 saturated carbocycles. The van der Waals surface area contributed by atoms with E-state index in [0.29, 0.717) is 0 Å². The summed E-state index contributed by atoms with van der Waals surface area (Å²) in [5.74, 6) is 0. The summed E-state index contributed by atoms with van der Waals surface area (Å²) >= 11 is 0. The Morgan fingerprint density at radius 1 is 0.833 bits per heavy atom. The molecule has 4 heteroatoms. The quantitative estimate of drug-likeness (QED) is 0.416. The predicted octanol–water partition coefficient (Wildman–Crippen LogP) is 1.34. The van der Waals surface area contributed by atoms with Crippen LogP contribution in [0.1, 0.15) is 25.7 Å². The first-order valence-electron chi connectivity index (χ1n) is 3.82. The molecule has 1 aliphatic rings. The van der Waals surface area contributed by atoms with Crippen molar-refractivity contribution in [2.45, 2.75) is 37.8 Å². The van der Waals surface area contributed by atoms with Gasteiger partial charge in [0.2, 0.25) is 0 Å². The first-order valence-corrected chi connectivity index (χ1v) is 3.82. The fourth-order valence-corrected chi connectivity index (χ4v) is 1.19. The van der Waals surface area contributed by atoms with E-state index >= 15 is 0 Å². The summed E-state index contributed by atoms with van der Waals surface area (Å²) in [7, 11) is 0. The third-order valence-corrected chi connectivity index (χ3v) is 1.87. The molecule has 0 aromatic carbocycles. The standard InChI is InChI=1S/C6H14N2.C2H4.2H3N/c7-5-3-1-2-4-6(5)8;1-2;;/h5-6H,1-4,7-8H2;1-2H2;2*1H3/t5-,6+;;;. The average Bonchev–Trinajstić information content (AvgIpc) is 2.00. The van der Waals surface area contributed by atoms with E-state index in [1.165, 1.54) is 12.8 Å². The second-order valence-corrected chi connectivity index (χ2v) is 2.61. The lowest BCUT2D eigenvalue weighted by Gasteiger charge is -2.24. The highest BCUT2D eigenvalue weighted by Crippen LogP contribution is 2.14. The Labute approximate surface area is 75.6 Å². The van der Waals surface area contributed by atoms with Gasteiger partial charge in [-0.1, -0.05) is 12.8 Å².